The standard InChI is InChI=1S/C10H17ClN2S/c1-4-6(2)9(13-12)10-8(11)7(3)5-14-10/h5-6,9,13H,4,12H2,1-3H3. The van der Waals surface area contributed by atoms with E-state index in [1.165, 1.54) is 0 Å². The van der Waals surface area contributed by atoms with Gasteiger partial charge in [0.2, 0.25) is 0 Å². The average molecular weight is 233 g/mol. The zero-order valence-electron chi connectivity index (χ0n) is 8.80. The maximum atomic E-state index is 6.20. The van der Waals surface area contributed by atoms with E-state index in [0.717, 1.165) is 21.9 Å². The van der Waals surface area contributed by atoms with Crippen LogP contribution in [0.1, 0.15) is 36.8 Å². The third kappa shape index (κ3) is 2.28. The molecule has 80 valence electrons. The van der Waals surface area contributed by atoms with Crippen molar-refractivity contribution in [3.63, 3.8) is 0 Å². The molecule has 0 aromatic carbocycles. The van der Waals surface area contributed by atoms with Crippen molar-refractivity contribution in [1.29, 1.82) is 0 Å². The number of hydrogen-bond donors (Lipinski definition) is 2. The fraction of sp³-hybridized carbons (Fsp3) is 0.600. The molecule has 0 radical (unpaired) electrons. The van der Waals surface area contributed by atoms with Crippen molar-refractivity contribution >= 4 is 22.9 Å². The van der Waals surface area contributed by atoms with Crippen LogP contribution in [0.25, 0.3) is 0 Å². The van der Waals surface area contributed by atoms with Gasteiger partial charge >= 0.3 is 0 Å². The number of nitrogens with one attached hydrogen (secondary N) is 1. The number of rotatable bonds is 4. The maximum absolute atomic E-state index is 6.20. The molecule has 0 saturated heterocycles. The van der Waals surface area contributed by atoms with Crippen LogP contribution < -0.4 is 11.3 Å². The van der Waals surface area contributed by atoms with Crippen molar-refractivity contribution in [2.45, 2.75) is 33.2 Å². The SMILES string of the molecule is CCC(C)C(NN)c1scc(C)c1Cl. The van der Waals surface area contributed by atoms with E-state index in [4.69, 9.17) is 17.4 Å². The fourth-order valence-electron chi connectivity index (χ4n) is 1.39. The minimum absolute atomic E-state index is 0.172. The van der Waals surface area contributed by atoms with Gasteiger partial charge < -0.3 is 0 Å². The van der Waals surface area contributed by atoms with Gasteiger partial charge in [-0.1, -0.05) is 31.9 Å². The van der Waals surface area contributed by atoms with Gasteiger partial charge in [0, 0.05) is 4.88 Å². The summed E-state index contributed by atoms with van der Waals surface area (Å²) in [6.45, 7) is 6.35. The first-order chi connectivity index (χ1) is 6.61. The molecule has 1 aromatic heterocycles. The Hall–Kier alpha value is -0.0900. The minimum Gasteiger partial charge on any atom is -0.271 e. The Morgan fingerprint density at radius 1 is 1.64 bits per heavy atom. The number of nitrogens with two attached hydrogens (primary N) is 1. The minimum atomic E-state index is 0.172. The van der Waals surface area contributed by atoms with E-state index in [1.807, 2.05) is 6.92 Å². The molecule has 0 amide bonds. The van der Waals surface area contributed by atoms with Crippen molar-refractivity contribution < 1.29 is 0 Å². The lowest BCUT2D eigenvalue weighted by atomic mass is 9.98. The third-order valence-corrected chi connectivity index (χ3v) is 4.40. The number of hydrogen-bond acceptors (Lipinski definition) is 3. The third-order valence-electron chi connectivity index (χ3n) is 2.60. The van der Waals surface area contributed by atoms with E-state index in [1.54, 1.807) is 11.3 Å². The van der Waals surface area contributed by atoms with Gasteiger partial charge in [0.25, 0.3) is 0 Å². The summed E-state index contributed by atoms with van der Waals surface area (Å²) < 4.78 is 0. The molecule has 3 N–H and O–H groups in total. The Morgan fingerprint density at radius 2 is 2.29 bits per heavy atom. The van der Waals surface area contributed by atoms with Crippen molar-refractivity contribution in [2.24, 2.45) is 11.8 Å². The van der Waals surface area contributed by atoms with Crippen molar-refractivity contribution in [1.82, 2.24) is 5.43 Å². The molecule has 2 nitrogen and oxygen atoms in total. The molecule has 1 rings (SSSR count). The Kier molecular flexibility index (Phi) is 4.38. The highest BCUT2D eigenvalue weighted by Gasteiger charge is 2.21. The van der Waals surface area contributed by atoms with Crippen LogP contribution >= 0.6 is 22.9 Å². The van der Waals surface area contributed by atoms with Crippen LogP contribution in [0.2, 0.25) is 5.02 Å². The zero-order chi connectivity index (χ0) is 10.7. The van der Waals surface area contributed by atoms with Crippen molar-refractivity contribution in [3.05, 3.63) is 20.8 Å². The average Bonchev–Trinajstić information content (AvgIpc) is 2.50. The molecule has 14 heavy (non-hydrogen) atoms. The molecule has 0 aliphatic heterocycles. The molecule has 0 spiro atoms. The van der Waals surface area contributed by atoms with E-state index >= 15 is 0 Å². The summed E-state index contributed by atoms with van der Waals surface area (Å²) in [4.78, 5) is 1.15. The summed E-state index contributed by atoms with van der Waals surface area (Å²) in [5, 5.41) is 2.93. The normalized spacial score (nSPS) is 15.5. The summed E-state index contributed by atoms with van der Waals surface area (Å²) in [6, 6.07) is 0.172. The quantitative estimate of drug-likeness (QED) is 0.618. The highest BCUT2D eigenvalue weighted by Crippen LogP contribution is 2.36. The van der Waals surface area contributed by atoms with Crippen LogP contribution in [-0.4, -0.2) is 0 Å². The van der Waals surface area contributed by atoms with Crippen LogP contribution in [0.5, 0.6) is 0 Å². The van der Waals surface area contributed by atoms with Gasteiger partial charge in [-0.05, 0) is 23.8 Å². The first-order valence-corrected chi connectivity index (χ1v) is 6.07. The van der Waals surface area contributed by atoms with Gasteiger partial charge in [0.15, 0.2) is 0 Å². The molecule has 1 aromatic rings. The summed E-state index contributed by atoms with van der Waals surface area (Å²) in [6.07, 6.45) is 1.09. The van der Waals surface area contributed by atoms with E-state index in [-0.39, 0.29) is 6.04 Å². The largest absolute Gasteiger partial charge is 0.271 e. The predicted molar refractivity (Wildman–Crippen MR) is 63.6 cm³/mol. The number of halogens is 1. The summed E-state index contributed by atoms with van der Waals surface area (Å²) in [5.74, 6) is 6.05. The van der Waals surface area contributed by atoms with E-state index < -0.39 is 0 Å². The van der Waals surface area contributed by atoms with Crippen LogP contribution in [0, 0.1) is 12.8 Å². The smallest absolute Gasteiger partial charge is 0.0593 e. The highest BCUT2D eigenvalue weighted by atomic mass is 35.5. The molecule has 1 heterocycles. The number of aryl methyl sites for hydroxylation is 1. The van der Waals surface area contributed by atoms with Crippen LogP contribution in [0.15, 0.2) is 5.38 Å². The van der Waals surface area contributed by atoms with Crippen molar-refractivity contribution in [2.75, 3.05) is 0 Å². The monoisotopic (exact) mass is 232 g/mol. The lowest BCUT2D eigenvalue weighted by Gasteiger charge is -2.21. The topological polar surface area (TPSA) is 38.0 Å². The lowest BCUT2D eigenvalue weighted by Crippen LogP contribution is -2.31. The molecule has 0 aliphatic rings. The molecule has 0 fully saturated rings. The predicted octanol–water partition coefficient (Wildman–Crippen LogP) is 3.26. The van der Waals surface area contributed by atoms with Gasteiger partial charge in [-0.25, -0.2) is 0 Å². The first-order valence-electron chi connectivity index (χ1n) is 4.81. The van der Waals surface area contributed by atoms with E-state index in [2.05, 4.69) is 24.7 Å². The number of thiophene rings is 1. The molecule has 2 atom stereocenters. The van der Waals surface area contributed by atoms with Crippen LogP contribution in [0.3, 0.4) is 0 Å². The number of hydrazine groups is 1. The Morgan fingerprint density at radius 3 is 2.64 bits per heavy atom. The second-order valence-corrected chi connectivity index (χ2v) is 4.92. The molecule has 0 aliphatic carbocycles. The summed E-state index contributed by atoms with van der Waals surface area (Å²) in [5.41, 5.74) is 3.98. The second kappa shape index (κ2) is 5.12. The molecule has 0 bridgehead atoms. The molecular formula is C10H17ClN2S. The molecule has 2 unspecified atom stereocenters. The van der Waals surface area contributed by atoms with Crippen molar-refractivity contribution in [3.8, 4) is 0 Å². The van der Waals surface area contributed by atoms with Crippen LogP contribution in [-0.2, 0) is 0 Å². The van der Waals surface area contributed by atoms with Crippen LogP contribution in [0.4, 0.5) is 0 Å². The fourth-order valence-corrected chi connectivity index (χ4v) is 2.90. The first kappa shape index (κ1) is 12.0. The summed E-state index contributed by atoms with van der Waals surface area (Å²) in [7, 11) is 0. The maximum Gasteiger partial charge on any atom is 0.0593 e. The van der Waals surface area contributed by atoms with Gasteiger partial charge in [-0.2, -0.15) is 0 Å². The molecular weight excluding hydrogens is 216 g/mol. The van der Waals surface area contributed by atoms with E-state index in [0.29, 0.717) is 5.92 Å². The van der Waals surface area contributed by atoms with Gasteiger partial charge in [0.05, 0.1) is 11.1 Å². The Bertz CT molecular complexity index is 298. The highest BCUT2D eigenvalue weighted by molar-refractivity contribution is 7.10. The van der Waals surface area contributed by atoms with Gasteiger partial charge in [-0.15, -0.1) is 11.3 Å². The lowest BCUT2D eigenvalue weighted by molar-refractivity contribution is 0.388. The molecule has 0 saturated carbocycles. The second-order valence-electron chi connectivity index (χ2n) is 3.63. The van der Waals surface area contributed by atoms with Gasteiger partial charge in [-0.3, -0.25) is 11.3 Å². The Balaban J connectivity index is 2.94. The summed E-state index contributed by atoms with van der Waals surface area (Å²) >= 11 is 7.88. The molecule has 4 heteroatoms. The zero-order valence-corrected chi connectivity index (χ0v) is 10.4. The van der Waals surface area contributed by atoms with E-state index in [9.17, 15) is 0 Å². The van der Waals surface area contributed by atoms with Gasteiger partial charge in [0.1, 0.15) is 0 Å². The Labute approximate surface area is 94.4 Å².